The fraction of sp³-hybridized carbons (Fsp3) is 0.667. The van der Waals surface area contributed by atoms with Crippen LogP contribution in [0.25, 0.3) is 0 Å². The number of ether oxygens (including phenoxy) is 1. The van der Waals surface area contributed by atoms with Crippen molar-refractivity contribution in [2.75, 3.05) is 27.4 Å². The number of aliphatic imine (C=N–C) groups is 1. The van der Waals surface area contributed by atoms with E-state index in [2.05, 4.69) is 4.99 Å². The summed E-state index contributed by atoms with van der Waals surface area (Å²) in [6, 6.07) is -0.219. The van der Waals surface area contributed by atoms with Crippen LogP contribution in [0.15, 0.2) is 4.99 Å². The van der Waals surface area contributed by atoms with Gasteiger partial charge in [0.2, 0.25) is 5.96 Å². The largest absolute Gasteiger partial charge is 0.465 e. The first kappa shape index (κ1) is 17.5. The molecule has 1 heterocycles. The van der Waals surface area contributed by atoms with Gasteiger partial charge in [-0.1, -0.05) is 0 Å². The highest BCUT2D eigenvalue weighted by atomic mass is 16.6. The molecule has 1 aliphatic heterocycles. The number of nitrogens with zero attached hydrogens (tertiary/aromatic N) is 4. The van der Waals surface area contributed by atoms with Crippen molar-refractivity contribution in [3.8, 4) is 0 Å². The van der Waals surface area contributed by atoms with Gasteiger partial charge in [0.15, 0.2) is 0 Å². The summed E-state index contributed by atoms with van der Waals surface area (Å²) in [5.41, 5.74) is -0.750. The summed E-state index contributed by atoms with van der Waals surface area (Å²) in [5.74, 6) is -0.201. The van der Waals surface area contributed by atoms with Gasteiger partial charge in [0, 0.05) is 14.1 Å². The van der Waals surface area contributed by atoms with Gasteiger partial charge in [-0.3, -0.25) is 5.32 Å². The lowest BCUT2D eigenvalue weighted by molar-refractivity contribution is 0.0594. The van der Waals surface area contributed by atoms with Gasteiger partial charge in [0.25, 0.3) is 0 Å². The number of carboxylic acid groups (broad SMARTS) is 1. The fourth-order valence-corrected chi connectivity index (χ4v) is 1.75. The summed E-state index contributed by atoms with van der Waals surface area (Å²) < 4.78 is 5.04. The van der Waals surface area contributed by atoms with E-state index in [0.29, 0.717) is 0 Å². The highest BCUT2D eigenvalue weighted by molar-refractivity contribution is 5.98. The number of nitrogens with one attached hydrogen (secondary N) is 1. The molecular weight excluding hydrogens is 294 g/mol. The standard InChI is InChI=1S/C12H21N5O5/c1-12(2,3)22-10(20)14-8(13-9(18)19)17-6-15(4)11(21)16(5)7-17/h6-7H2,1-5H3,(H,18,19)(H,13,14,20). The van der Waals surface area contributed by atoms with E-state index < -0.39 is 17.8 Å². The van der Waals surface area contributed by atoms with Gasteiger partial charge in [-0.25, -0.2) is 14.4 Å². The average Bonchev–Trinajstić information content (AvgIpc) is 2.31. The van der Waals surface area contributed by atoms with Crippen LogP contribution < -0.4 is 5.32 Å². The maximum absolute atomic E-state index is 11.8. The number of guanidine groups is 1. The van der Waals surface area contributed by atoms with Crippen molar-refractivity contribution in [3.05, 3.63) is 0 Å². The van der Waals surface area contributed by atoms with Crippen LogP contribution in [-0.2, 0) is 4.74 Å². The zero-order valence-electron chi connectivity index (χ0n) is 13.3. The quantitative estimate of drug-likeness (QED) is 0.504. The monoisotopic (exact) mass is 315 g/mol. The molecule has 0 aromatic rings. The molecule has 10 heteroatoms. The summed E-state index contributed by atoms with van der Waals surface area (Å²) in [6.45, 7) is 5.19. The van der Waals surface area contributed by atoms with Crippen LogP contribution in [0.2, 0.25) is 0 Å². The SMILES string of the molecule is CN1CN(C(=NC(=O)OC(C)(C)C)NC(=O)O)CN(C)C1=O. The minimum absolute atomic E-state index is 0.0884. The smallest absolute Gasteiger partial charge is 0.437 e. The molecule has 0 bridgehead atoms. The topological polar surface area (TPSA) is 115 Å². The van der Waals surface area contributed by atoms with Crippen LogP contribution >= 0.6 is 0 Å². The Morgan fingerprint density at radius 3 is 2.14 bits per heavy atom. The van der Waals surface area contributed by atoms with E-state index in [-0.39, 0.29) is 25.3 Å². The molecular formula is C12H21N5O5. The summed E-state index contributed by atoms with van der Waals surface area (Å²) in [4.78, 5) is 42.1. The first-order valence-electron chi connectivity index (χ1n) is 6.52. The van der Waals surface area contributed by atoms with E-state index in [0.717, 1.165) is 0 Å². The molecule has 0 unspecified atom stereocenters. The molecule has 0 radical (unpaired) electrons. The van der Waals surface area contributed by atoms with Gasteiger partial charge < -0.3 is 24.5 Å². The van der Waals surface area contributed by atoms with Gasteiger partial charge in [0.05, 0.1) is 13.3 Å². The lowest BCUT2D eigenvalue weighted by Gasteiger charge is -2.39. The maximum Gasteiger partial charge on any atom is 0.437 e. The minimum atomic E-state index is -1.37. The highest BCUT2D eigenvalue weighted by Gasteiger charge is 2.29. The van der Waals surface area contributed by atoms with Crippen molar-refractivity contribution >= 4 is 24.2 Å². The molecule has 0 spiro atoms. The van der Waals surface area contributed by atoms with E-state index in [4.69, 9.17) is 9.84 Å². The molecule has 0 aromatic carbocycles. The highest BCUT2D eigenvalue weighted by Crippen LogP contribution is 2.10. The van der Waals surface area contributed by atoms with Crippen LogP contribution in [0, 0.1) is 0 Å². The van der Waals surface area contributed by atoms with Crippen molar-refractivity contribution in [2.24, 2.45) is 4.99 Å². The molecule has 0 aromatic heterocycles. The van der Waals surface area contributed by atoms with Gasteiger partial charge >= 0.3 is 18.2 Å². The molecule has 0 saturated carbocycles. The molecule has 1 saturated heterocycles. The molecule has 1 rings (SSSR count). The lowest BCUT2D eigenvalue weighted by atomic mass is 10.2. The molecule has 0 atom stereocenters. The zero-order chi connectivity index (χ0) is 17.1. The molecule has 1 fully saturated rings. The Bertz CT molecular complexity index is 485. The third-order valence-corrected chi connectivity index (χ3v) is 2.53. The van der Waals surface area contributed by atoms with E-state index in [1.54, 1.807) is 34.9 Å². The van der Waals surface area contributed by atoms with Crippen molar-refractivity contribution in [3.63, 3.8) is 0 Å². The van der Waals surface area contributed by atoms with E-state index in [9.17, 15) is 14.4 Å². The number of rotatable bonds is 0. The Hall–Kier alpha value is -2.52. The third-order valence-electron chi connectivity index (χ3n) is 2.53. The first-order chi connectivity index (χ1) is 9.99. The second-order valence-corrected chi connectivity index (χ2v) is 5.85. The van der Waals surface area contributed by atoms with Crippen molar-refractivity contribution in [1.29, 1.82) is 0 Å². The molecule has 4 amide bonds. The summed E-state index contributed by atoms with van der Waals surface area (Å²) >= 11 is 0. The zero-order valence-corrected chi connectivity index (χ0v) is 13.3. The molecule has 0 aliphatic carbocycles. The number of urea groups is 1. The van der Waals surface area contributed by atoms with Crippen molar-refractivity contribution in [1.82, 2.24) is 20.0 Å². The number of hydrogen-bond acceptors (Lipinski definition) is 4. The number of amides is 4. The van der Waals surface area contributed by atoms with E-state index >= 15 is 0 Å². The lowest BCUT2D eigenvalue weighted by Crippen LogP contribution is -2.59. The van der Waals surface area contributed by atoms with Gasteiger partial charge in [-0.2, -0.15) is 0 Å². The maximum atomic E-state index is 11.8. The van der Waals surface area contributed by atoms with Crippen LogP contribution in [0.4, 0.5) is 14.4 Å². The fourth-order valence-electron chi connectivity index (χ4n) is 1.75. The van der Waals surface area contributed by atoms with Gasteiger partial charge in [0.1, 0.15) is 5.60 Å². The Kier molecular flexibility index (Phi) is 5.18. The van der Waals surface area contributed by atoms with Crippen LogP contribution in [0.3, 0.4) is 0 Å². The van der Waals surface area contributed by atoms with Gasteiger partial charge in [-0.05, 0) is 20.8 Å². The molecule has 124 valence electrons. The molecule has 2 N–H and O–H groups in total. The van der Waals surface area contributed by atoms with Crippen molar-refractivity contribution < 1.29 is 24.2 Å². The number of carbonyl (C=O) groups excluding carboxylic acids is 2. The summed E-state index contributed by atoms with van der Waals surface area (Å²) in [6.07, 6.45) is -2.29. The second-order valence-electron chi connectivity index (χ2n) is 5.85. The Morgan fingerprint density at radius 2 is 1.73 bits per heavy atom. The Labute approximate surface area is 128 Å². The van der Waals surface area contributed by atoms with Crippen LogP contribution in [0.5, 0.6) is 0 Å². The first-order valence-corrected chi connectivity index (χ1v) is 6.52. The number of hydrogen-bond donors (Lipinski definition) is 2. The van der Waals surface area contributed by atoms with Crippen molar-refractivity contribution in [2.45, 2.75) is 26.4 Å². The van der Waals surface area contributed by atoms with Crippen LogP contribution in [-0.4, -0.2) is 77.0 Å². The van der Waals surface area contributed by atoms with E-state index in [1.807, 2.05) is 5.32 Å². The van der Waals surface area contributed by atoms with Crippen LogP contribution in [0.1, 0.15) is 20.8 Å². The third kappa shape index (κ3) is 5.11. The normalized spacial score (nSPS) is 16.7. The summed E-state index contributed by atoms with van der Waals surface area (Å²) in [7, 11) is 3.10. The Morgan fingerprint density at radius 1 is 1.23 bits per heavy atom. The average molecular weight is 315 g/mol. The minimum Gasteiger partial charge on any atom is -0.465 e. The second kappa shape index (κ2) is 6.50. The number of carbonyl (C=O) groups is 3. The summed E-state index contributed by atoms with van der Waals surface area (Å²) in [5, 5.41) is 10.9. The van der Waals surface area contributed by atoms with Gasteiger partial charge in [-0.15, -0.1) is 4.99 Å². The molecule has 1 aliphatic rings. The predicted octanol–water partition coefficient (Wildman–Crippen LogP) is 0.759. The van der Waals surface area contributed by atoms with E-state index in [1.165, 1.54) is 14.7 Å². The predicted molar refractivity (Wildman–Crippen MR) is 77.3 cm³/mol. The molecule has 10 nitrogen and oxygen atoms in total. The molecule has 22 heavy (non-hydrogen) atoms. The Balaban J connectivity index is 2.95.